The van der Waals surface area contributed by atoms with Crippen LogP contribution in [-0.2, 0) is 70.7 Å². The summed E-state index contributed by atoms with van der Waals surface area (Å²) in [7, 11) is 0. The predicted octanol–water partition coefficient (Wildman–Crippen LogP) is 0.143. The van der Waals surface area contributed by atoms with Crippen molar-refractivity contribution in [2.45, 2.75) is 0 Å². The average Bonchev–Trinajstić information content (AvgIpc) is 0. The molecule has 0 aromatic rings. The molecule has 0 nitrogen and oxygen atoms in total. The molecule has 36 valence electrons. The Bertz CT molecular complexity index is 11.6. The van der Waals surface area contributed by atoms with E-state index in [0.717, 1.165) is 0 Å². The fourth-order valence-corrected chi connectivity index (χ4v) is 0. The maximum Gasteiger partial charge on any atom is 0 e. The molecule has 0 aliphatic carbocycles. The third kappa shape index (κ3) is 23.2. The maximum atomic E-state index is 0. The zero-order valence-corrected chi connectivity index (χ0v) is 8.34. The molecule has 0 aromatic heterocycles. The molecule has 0 N–H and O–H groups in total. The monoisotopic (exact) mass is 258 g/mol. The van der Waals surface area contributed by atoms with Crippen molar-refractivity contribution in [3.05, 3.63) is 0 Å². The van der Waals surface area contributed by atoms with Gasteiger partial charge in [-0.1, -0.05) is 0 Å². The van der Waals surface area contributed by atoms with Crippen LogP contribution in [0.25, 0.3) is 0 Å². The topological polar surface area (TPSA) is 0 Å². The van der Waals surface area contributed by atoms with E-state index in [0.29, 0.717) is 0 Å². The van der Waals surface area contributed by atoms with E-state index >= 15 is 0 Å². The first-order valence-electron chi connectivity index (χ1n) is 0. The zero-order valence-electron chi connectivity index (χ0n) is 2.15. The molecule has 2 radical (unpaired) electrons. The molecular formula is HCuFFeMnZn. The summed E-state index contributed by atoms with van der Waals surface area (Å²) in [5.74, 6) is 0. The molecule has 0 aromatic carbocycles. The molecule has 0 rings (SSSR count). The second kappa shape index (κ2) is 35.8. The minimum atomic E-state index is 0. The Balaban J connectivity index is 0. The first kappa shape index (κ1) is 59.6. The van der Waals surface area contributed by atoms with Gasteiger partial charge in [-0.2, -0.15) is 0 Å². The van der Waals surface area contributed by atoms with Gasteiger partial charge in [0.2, 0.25) is 0 Å². The molecular weight excluding hydrogens is 259 g/mol. The first-order valence-corrected chi connectivity index (χ1v) is 0. The Morgan fingerprint density at radius 1 is 1.00 bits per heavy atom. The van der Waals surface area contributed by atoms with Crippen molar-refractivity contribution in [2.24, 2.45) is 0 Å². The Kier molecular flexibility index (Phi) is 427. The van der Waals surface area contributed by atoms with Gasteiger partial charge >= 0.3 is 0 Å². The summed E-state index contributed by atoms with van der Waals surface area (Å²) in [6, 6.07) is 0. The molecule has 0 fully saturated rings. The summed E-state index contributed by atoms with van der Waals surface area (Å²) in [6.07, 6.45) is 0. The average molecular weight is 260 g/mol. The van der Waals surface area contributed by atoms with Crippen LogP contribution in [0.2, 0.25) is 0 Å². The number of hydrogen-bond acceptors (Lipinski definition) is 0. The number of rotatable bonds is 0. The minimum Gasteiger partial charge on any atom is -0.269 e. The Morgan fingerprint density at radius 2 is 1.00 bits per heavy atom. The van der Waals surface area contributed by atoms with Gasteiger partial charge in [0, 0.05) is 70.7 Å². The van der Waals surface area contributed by atoms with Crippen LogP contribution in [0.4, 0.5) is 4.70 Å². The fourth-order valence-electron chi connectivity index (χ4n) is 0. The van der Waals surface area contributed by atoms with Gasteiger partial charge in [-0.3, -0.25) is 4.70 Å². The van der Waals surface area contributed by atoms with Crippen LogP contribution in [0.5, 0.6) is 0 Å². The van der Waals surface area contributed by atoms with Crippen molar-refractivity contribution >= 4 is 0 Å². The standard InChI is InChI=1S/Cu.FH.Fe.Mn.Zn/h;1H;;;. The van der Waals surface area contributed by atoms with Gasteiger partial charge in [0.25, 0.3) is 0 Å². The van der Waals surface area contributed by atoms with Gasteiger partial charge in [0.05, 0.1) is 0 Å². The molecule has 0 saturated carbocycles. The fraction of sp³-hybridized carbons (Fsp3) is 0. The van der Waals surface area contributed by atoms with Crippen LogP contribution in [-0.4, -0.2) is 0 Å². The third-order valence-corrected chi connectivity index (χ3v) is 0. The summed E-state index contributed by atoms with van der Waals surface area (Å²) in [4.78, 5) is 0. The Morgan fingerprint density at radius 3 is 1.00 bits per heavy atom. The van der Waals surface area contributed by atoms with E-state index in [-0.39, 0.29) is 75.4 Å². The molecule has 5 heteroatoms. The zero-order chi connectivity index (χ0) is 0. The number of halogens is 1. The van der Waals surface area contributed by atoms with Crippen molar-refractivity contribution in [3.63, 3.8) is 0 Å². The third-order valence-electron chi connectivity index (χ3n) is 0. The second-order valence-electron chi connectivity index (χ2n) is 0. The van der Waals surface area contributed by atoms with E-state index in [4.69, 9.17) is 0 Å². The molecule has 0 aliphatic heterocycles. The quantitative estimate of drug-likeness (QED) is 0.543. The van der Waals surface area contributed by atoms with E-state index in [9.17, 15) is 0 Å². The van der Waals surface area contributed by atoms with E-state index < -0.39 is 0 Å². The van der Waals surface area contributed by atoms with Crippen LogP contribution in [0, 0.1) is 0 Å². The molecule has 0 atom stereocenters. The molecule has 0 saturated heterocycles. The van der Waals surface area contributed by atoms with Crippen molar-refractivity contribution in [3.8, 4) is 0 Å². The summed E-state index contributed by atoms with van der Waals surface area (Å²) in [6.45, 7) is 0. The second-order valence-corrected chi connectivity index (χ2v) is 0. The van der Waals surface area contributed by atoms with E-state index in [1.807, 2.05) is 0 Å². The van der Waals surface area contributed by atoms with E-state index in [2.05, 4.69) is 0 Å². The van der Waals surface area contributed by atoms with Crippen molar-refractivity contribution < 1.29 is 75.4 Å². The number of hydrogen-bond donors (Lipinski definition) is 0. The van der Waals surface area contributed by atoms with Gasteiger partial charge in [-0.15, -0.1) is 0 Å². The van der Waals surface area contributed by atoms with Gasteiger partial charge in [0.15, 0.2) is 0 Å². The van der Waals surface area contributed by atoms with Crippen molar-refractivity contribution in [1.29, 1.82) is 0 Å². The molecule has 0 amide bonds. The summed E-state index contributed by atoms with van der Waals surface area (Å²) in [5, 5.41) is 0. The minimum absolute atomic E-state index is 0. The SMILES string of the molecule is F.[Cu].[Fe].[Mn].[Zn]. The van der Waals surface area contributed by atoms with Gasteiger partial charge in [-0.25, -0.2) is 0 Å². The maximum absolute atomic E-state index is 0. The Labute approximate surface area is 74.8 Å². The molecule has 0 heterocycles. The summed E-state index contributed by atoms with van der Waals surface area (Å²) < 4.78 is 0. The van der Waals surface area contributed by atoms with Crippen molar-refractivity contribution in [2.75, 3.05) is 0 Å². The smallest absolute Gasteiger partial charge is 0 e. The van der Waals surface area contributed by atoms with Crippen molar-refractivity contribution in [1.82, 2.24) is 0 Å². The van der Waals surface area contributed by atoms with E-state index in [1.54, 1.807) is 0 Å². The molecule has 0 aliphatic rings. The predicted molar refractivity (Wildman–Crippen MR) is 2.50 cm³/mol. The molecule has 0 unspecified atom stereocenters. The normalized spacial score (nSPS) is 0. The van der Waals surface area contributed by atoms with Crippen LogP contribution >= 0.6 is 0 Å². The van der Waals surface area contributed by atoms with Gasteiger partial charge in [-0.05, 0) is 0 Å². The summed E-state index contributed by atoms with van der Waals surface area (Å²) in [5.41, 5.74) is 0. The summed E-state index contributed by atoms with van der Waals surface area (Å²) >= 11 is 0. The molecule has 0 spiro atoms. The van der Waals surface area contributed by atoms with Crippen LogP contribution in [0.1, 0.15) is 0 Å². The van der Waals surface area contributed by atoms with Crippen LogP contribution < -0.4 is 0 Å². The molecule has 0 bridgehead atoms. The first-order chi connectivity index (χ1) is 0. The Hall–Kier alpha value is 2.11. The van der Waals surface area contributed by atoms with Gasteiger partial charge in [0.1, 0.15) is 0 Å². The van der Waals surface area contributed by atoms with E-state index in [1.165, 1.54) is 0 Å². The van der Waals surface area contributed by atoms with Crippen LogP contribution in [0.15, 0.2) is 0 Å². The van der Waals surface area contributed by atoms with Crippen LogP contribution in [0.3, 0.4) is 0 Å². The van der Waals surface area contributed by atoms with Gasteiger partial charge < -0.3 is 0 Å². The molecule has 5 heavy (non-hydrogen) atoms. The largest absolute Gasteiger partial charge is 0.269 e.